The van der Waals surface area contributed by atoms with Crippen molar-refractivity contribution in [3.8, 4) is 11.6 Å². The van der Waals surface area contributed by atoms with Crippen LogP contribution >= 0.6 is 23.2 Å². The predicted molar refractivity (Wildman–Crippen MR) is 127 cm³/mol. The molecule has 1 aliphatic heterocycles. The van der Waals surface area contributed by atoms with Crippen LogP contribution in [0.25, 0.3) is 10.8 Å². The molecule has 154 valence electrons. The number of hydrogen-bond donors (Lipinski definition) is 1. The molecule has 6 rings (SSSR count). The molecule has 0 amide bonds. The molecule has 2 heterocycles. The number of nitrogen functional groups attached to an aromatic ring is 1. The third-order valence-electron chi connectivity index (χ3n) is 6.51. The fourth-order valence-electron chi connectivity index (χ4n) is 5.06. The molecule has 1 atom stereocenters. The molecule has 0 saturated heterocycles. The van der Waals surface area contributed by atoms with E-state index >= 15 is 0 Å². The second-order valence-corrected chi connectivity index (χ2v) is 9.10. The molecule has 3 aromatic carbocycles. The van der Waals surface area contributed by atoms with Gasteiger partial charge < -0.3 is 10.5 Å². The smallest absolute Gasteiger partial charge is 0.225 e. The van der Waals surface area contributed by atoms with Gasteiger partial charge in [0.1, 0.15) is 5.75 Å². The van der Waals surface area contributed by atoms with E-state index in [1.165, 1.54) is 5.56 Å². The summed E-state index contributed by atoms with van der Waals surface area (Å²) < 4.78 is 6.39. The number of halogens is 2. The van der Waals surface area contributed by atoms with E-state index in [4.69, 9.17) is 38.7 Å². The van der Waals surface area contributed by atoms with Gasteiger partial charge in [-0.15, -0.1) is 0 Å². The second-order valence-electron chi connectivity index (χ2n) is 8.28. The van der Waals surface area contributed by atoms with Crippen LogP contribution in [0.3, 0.4) is 0 Å². The van der Waals surface area contributed by atoms with E-state index in [1.807, 2.05) is 30.3 Å². The van der Waals surface area contributed by atoms with Crippen LogP contribution in [-0.2, 0) is 12.8 Å². The molecule has 5 heteroatoms. The number of ether oxygens (including phenoxy) is 1. The van der Waals surface area contributed by atoms with Crippen LogP contribution in [0.1, 0.15) is 46.7 Å². The normalized spacial score (nSPS) is 16.9. The number of rotatable bonds is 1. The van der Waals surface area contributed by atoms with Crippen molar-refractivity contribution in [3.63, 3.8) is 0 Å². The molecule has 1 aliphatic carbocycles. The first-order valence-corrected chi connectivity index (χ1v) is 11.3. The second kappa shape index (κ2) is 7.15. The molecular formula is C26H20Cl2N2O. The van der Waals surface area contributed by atoms with Crippen molar-refractivity contribution in [2.75, 3.05) is 5.73 Å². The highest BCUT2D eigenvalue weighted by Gasteiger charge is 2.35. The number of benzene rings is 3. The molecule has 0 saturated carbocycles. The predicted octanol–water partition coefficient (Wildman–Crippen LogP) is 7.29. The molecule has 3 nitrogen and oxygen atoms in total. The molecular weight excluding hydrogens is 427 g/mol. The van der Waals surface area contributed by atoms with Crippen LogP contribution in [0.4, 0.5) is 5.69 Å². The van der Waals surface area contributed by atoms with Crippen LogP contribution in [0, 0.1) is 0 Å². The van der Waals surface area contributed by atoms with Gasteiger partial charge in [0.2, 0.25) is 5.88 Å². The number of aromatic nitrogens is 1. The summed E-state index contributed by atoms with van der Waals surface area (Å²) in [6.45, 7) is 0. The first-order chi connectivity index (χ1) is 15.1. The summed E-state index contributed by atoms with van der Waals surface area (Å²) in [4.78, 5) is 4.95. The van der Waals surface area contributed by atoms with Crippen LogP contribution < -0.4 is 10.5 Å². The summed E-state index contributed by atoms with van der Waals surface area (Å²) in [6, 6.07) is 18.3. The highest BCUT2D eigenvalue weighted by Crippen LogP contribution is 2.53. The van der Waals surface area contributed by atoms with Gasteiger partial charge in [-0.1, -0.05) is 59.6 Å². The van der Waals surface area contributed by atoms with E-state index < -0.39 is 0 Å². The Hall–Kier alpha value is -2.75. The molecule has 4 aromatic rings. The Kier molecular flexibility index (Phi) is 4.38. The monoisotopic (exact) mass is 446 g/mol. The Labute approximate surface area is 190 Å². The van der Waals surface area contributed by atoms with Gasteiger partial charge in [-0.2, -0.15) is 0 Å². The van der Waals surface area contributed by atoms with Crippen molar-refractivity contribution < 1.29 is 4.74 Å². The third-order valence-corrected chi connectivity index (χ3v) is 7.25. The topological polar surface area (TPSA) is 48.1 Å². The number of fused-ring (bicyclic) bond motifs is 5. The van der Waals surface area contributed by atoms with Crippen molar-refractivity contribution >= 4 is 39.7 Å². The summed E-state index contributed by atoms with van der Waals surface area (Å²) >= 11 is 12.7. The molecule has 0 fully saturated rings. The van der Waals surface area contributed by atoms with Crippen LogP contribution in [0.2, 0.25) is 10.0 Å². The van der Waals surface area contributed by atoms with Crippen LogP contribution in [-0.4, -0.2) is 4.98 Å². The number of aryl methyl sites for hydroxylation is 1. The Morgan fingerprint density at radius 1 is 0.903 bits per heavy atom. The molecule has 0 radical (unpaired) electrons. The Morgan fingerprint density at radius 3 is 2.61 bits per heavy atom. The van der Waals surface area contributed by atoms with Crippen LogP contribution in [0.5, 0.6) is 11.6 Å². The van der Waals surface area contributed by atoms with Gasteiger partial charge in [0, 0.05) is 28.4 Å². The van der Waals surface area contributed by atoms with Gasteiger partial charge in [-0.3, -0.25) is 0 Å². The number of pyridine rings is 1. The van der Waals surface area contributed by atoms with Crippen molar-refractivity contribution in [2.24, 2.45) is 0 Å². The molecule has 2 aliphatic rings. The van der Waals surface area contributed by atoms with Crippen molar-refractivity contribution in [1.82, 2.24) is 4.98 Å². The molecule has 1 aromatic heterocycles. The van der Waals surface area contributed by atoms with E-state index in [-0.39, 0.29) is 5.92 Å². The summed E-state index contributed by atoms with van der Waals surface area (Å²) in [5, 5.41) is 3.35. The van der Waals surface area contributed by atoms with E-state index in [2.05, 4.69) is 24.3 Å². The maximum absolute atomic E-state index is 6.84. The Bertz CT molecular complexity index is 1370. The minimum Gasteiger partial charge on any atom is -0.438 e. The van der Waals surface area contributed by atoms with E-state index in [9.17, 15) is 0 Å². The Morgan fingerprint density at radius 2 is 1.74 bits per heavy atom. The van der Waals surface area contributed by atoms with E-state index in [1.54, 1.807) is 0 Å². The van der Waals surface area contributed by atoms with Gasteiger partial charge in [-0.25, -0.2) is 4.98 Å². The number of anilines is 1. The summed E-state index contributed by atoms with van der Waals surface area (Å²) in [6.07, 6.45) is 4.17. The third kappa shape index (κ3) is 2.91. The summed E-state index contributed by atoms with van der Waals surface area (Å²) in [5.74, 6) is 1.28. The Balaban J connectivity index is 1.70. The zero-order chi connectivity index (χ0) is 21.1. The van der Waals surface area contributed by atoms with E-state index in [0.29, 0.717) is 15.9 Å². The average molecular weight is 447 g/mol. The maximum Gasteiger partial charge on any atom is 0.225 e. The summed E-state index contributed by atoms with van der Waals surface area (Å²) in [5.41, 5.74) is 12.9. The van der Waals surface area contributed by atoms with Gasteiger partial charge >= 0.3 is 0 Å². The molecule has 31 heavy (non-hydrogen) atoms. The maximum atomic E-state index is 6.84. The SMILES string of the molecule is Nc1c2c(nc3c1C(c1ccc(Cl)c(Cl)c1)c1c(ccc4ccccc14)O3)CCCC2. The highest BCUT2D eigenvalue weighted by molar-refractivity contribution is 6.42. The zero-order valence-electron chi connectivity index (χ0n) is 16.8. The van der Waals surface area contributed by atoms with Gasteiger partial charge in [0.05, 0.1) is 10.0 Å². The van der Waals surface area contributed by atoms with Crippen molar-refractivity contribution in [3.05, 3.63) is 92.6 Å². The molecule has 0 bridgehead atoms. The average Bonchev–Trinajstić information content (AvgIpc) is 2.79. The zero-order valence-corrected chi connectivity index (χ0v) is 18.3. The fourth-order valence-corrected chi connectivity index (χ4v) is 5.36. The minimum atomic E-state index is -0.139. The summed E-state index contributed by atoms with van der Waals surface area (Å²) in [7, 11) is 0. The van der Waals surface area contributed by atoms with Gasteiger partial charge in [0.15, 0.2) is 0 Å². The molecule has 0 spiro atoms. The number of hydrogen-bond acceptors (Lipinski definition) is 3. The van der Waals surface area contributed by atoms with Crippen LogP contribution in [0.15, 0.2) is 54.6 Å². The van der Waals surface area contributed by atoms with Gasteiger partial charge in [0.25, 0.3) is 0 Å². The fraction of sp³-hybridized carbons (Fsp3) is 0.192. The lowest BCUT2D eigenvalue weighted by molar-refractivity contribution is 0.431. The first kappa shape index (κ1) is 19.0. The molecule has 2 N–H and O–H groups in total. The lowest BCUT2D eigenvalue weighted by atomic mass is 9.79. The van der Waals surface area contributed by atoms with Gasteiger partial charge in [-0.05, 0) is 65.8 Å². The van der Waals surface area contributed by atoms with E-state index in [0.717, 1.165) is 70.3 Å². The lowest BCUT2D eigenvalue weighted by Crippen LogP contribution is -2.19. The molecule has 1 unspecified atom stereocenters. The highest BCUT2D eigenvalue weighted by atomic mass is 35.5. The number of nitrogens with zero attached hydrogens (tertiary/aromatic N) is 1. The number of nitrogens with two attached hydrogens (primary N) is 1. The minimum absolute atomic E-state index is 0.139. The quantitative estimate of drug-likeness (QED) is 0.294. The largest absolute Gasteiger partial charge is 0.438 e. The first-order valence-electron chi connectivity index (χ1n) is 10.6. The standard InChI is InChI=1S/C26H20Cl2N2O/c27-18-11-9-15(13-19(18)28)22-23-16-6-2-1-5-14(16)10-12-21(23)31-26-24(22)25(29)17-7-3-4-8-20(17)30-26/h1-2,5-6,9-13,22H,3-4,7-8H2,(H2,29,30). The van der Waals surface area contributed by atoms with Crippen molar-refractivity contribution in [2.45, 2.75) is 31.6 Å². The van der Waals surface area contributed by atoms with Crippen molar-refractivity contribution in [1.29, 1.82) is 0 Å². The lowest BCUT2D eigenvalue weighted by Gasteiger charge is -2.32.